The number of carbonyl (C=O) groups is 2. The molecule has 18 heteroatoms. The smallest absolute Gasteiger partial charge is 0.339 e. The number of benzene rings is 2. The summed E-state index contributed by atoms with van der Waals surface area (Å²) in [6.45, 7) is 0. The maximum Gasteiger partial charge on any atom is 0.339 e. The van der Waals surface area contributed by atoms with Crippen LogP contribution in [-0.2, 0) is 9.36 Å². The largest absolute Gasteiger partial charge is 0.497 e. The minimum absolute atomic E-state index is 0.0927. The molecule has 2 aromatic carbocycles. The van der Waals surface area contributed by atoms with Gasteiger partial charge in [0.05, 0.1) is 69.8 Å². The number of anilines is 1. The van der Waals surface area contributed by atoms with E-state index in [2.05, 4.69) is 59.0 Å². The molecule has 0 aliphatic carbocycles. The molecule has 1 amide bonds. The average Bonchev–Trinajstić information content (AvgIpc) is 3.06. The molecule has 6 rings (SSSR count). The summed E-state index contributed by atoms with van der Waals surface area (Å²) in [7, 11) is 6.33. The number of halogens is 5. The predicted molar refractivity (Wildman–Crippen MR) is 191 cm³/mol. The Kier molecular flexibility index (Phi) is 12.9. The fraction of sp³-hybridized carbons (Fsp3) is 0.161. The van der Waals surface area contributed by atoms with E-state index >= 15 is 0 Å². The fourth-order valence-corrected chi connectivity index (χ4v) is 4.87. The summed E-state index contributed by atoms with van der Waals surface area (Å²) in [6.07, 6.45) is 2.96. The molecule has 0 unspecified atom stereocenters. The first-order chi connectivity index (χ1) is 23.2. The van der Waals surface area contributed by atoms with Gasteiger partial charge < -0.3 is 24.3 Å². The number of nitrogens with one attached hydrogen (secondary N) is 1. The Labute approximate surface area is 304 Å². The van der Waals surface area contributed by atoms with Gasteiger partial charge in [0.15, 0.2) is 5.78 Å². The van der Waals surface area contributed by atoms with Crippen molar-refractivity contribution in [2.24, 2.45) is 0 Å². The molecule has 0 atom stereocenters. The van der Waals surface area contributed by atoms with Crippen LogP contribution in [0.5, 0.6) is 23.0 Å². The van der Waals surface area contributed by atoms with E-state index in [0.29, 0.717) is 56.5 Å². The van der Waals surface area contributed by atoms with Crippen molar-refractivity contribution < 1.29 is 33.1 Å². The Balaban J connectivity index is 0.000000194. The van der Waals surface area contributed by atoms with E-state index in [4.69, 9.17) is 42.1 Å². The zero-order chi connectivity index (χ0) is 35.9. The summed E-state index contributed by atoms with van der Waals surface area (Å²) in [4.78, 5) is 40.1. The molecule has 256 valence electrons. The Morgan fingerprint density at radius 3 is 1.65 bits per heavy atom. The molecule has 0 spiro atoms. The topological polar surface area (TPSA) is 152 Å². The number of pyridine rings is 2. The molecule has 0 fully saturated rings. The molecule has 12 nitrogen and oxygen atoms in total. The molecule has 49 heavy (non-hydrogen) atoms. The van der Waals surface area contributed by atoms with Crippen molar-refractivity contribution in [3.8, 4) is 45.5 Å². The number of aromatic nitrogens is 4. The van der Waals surface area contributed by atoms with Gasteiger partial charge in [0.1, 0.15) is 28.2 Å². The van der Waals surface area contributed by atoms with Crippen molar-refractivity contribution in [1.82, 2.24) is 19.9 Å². The molecule has 3 aromatic heterocycles. The van der Waals surface area contributed by atoms with Crippen LogP contribution in [0, 0.1) is 0 Å². The van der Waals surface area contributed by atoms with Gasteiger partial charge in [0.25, 0.3) is 0 Å². The van der Waals surface area contributed by atoms with E-state index < -0.39 is 5.20 Å². The average molecular weight is 788 g/mol. The standard InChI is InChI=1S/C16H14N2O4.C15H11Cl2N3O2.Cl3OP/c1-21-10-3-9(4-11(5-10)22-2)13-6-12-14(8-17-13)18-16(20)7-15(12)19;1-21-9-3-8(4-10(5-9)22-2)12-6-11-13(7-18-12)19-15(17)20-14(11)16;1-5(2,3)4/h3-6,8H,7H2,1-2H3,(H,18,20);3-7H,1-2H3;. The molecular weight excluding hydrogens is 763 g/mol. The second kappa shape index (κ2) is 16.7. The lowest BCUT2D eigenvalue weighted by molar-refractivity contribution is -0.115. The zero-order valence-corrected chi connectivity index (χ0v) is 30.6. The number of Topliss-reactive ketones (excluding diaryl/α,β-unsaturated/α-hetero) is 1. The molecule has 1 aliphatic rings. The number of nitrogens with zero attached hydrogens (tertiary/aromatic N) is 4. The third-order valence-corrected chi connectivity index (χ3v) is 7.06. The maximum atomic E-state index is 12.0. The first-order valence-electron chi connectivity index (χ1n) is 13.7. The summed E-state index contributed by atoms with van der Waals surface area (Å²) >= 11 is 25.8. The molecular formula is C31H25Cl5N5O7P. The second-order valence-corrected chi connectivity index (χ2v) is 17.1. The maximum absolute atomic E-state index is 12.0. The van der Waals surface area contributed by atoms with Crippen molar-refractivity contribution in [3.63, 3.8) is 0 Å². The number of amides is 1. The molecule has 0 radical (unpaired) electrons. The first kappa shape index (κ1) is 37.9. The van der Waals surface area contributed by atoms with Crippen LogP contribution >= 0.6 is 62.1 Å². The lowest BCUT2D eigenvalue weighted by Crippen LogP contribution is -2.24. The van der Waals surface area contributed by atoms with E-state index in [9.17, 15) is 14.2 Å². The molecule has 0 bridgehead atoms. The number of ether oxygens (including phenoxy) is 4. The minimum Gasteiger partial charge on any atom is -0.497 e. The van der Waals surface area contributed by atoms with Gasteiger partial charge in [0, 0.05) is 34.2 Å². The van der Waals surface area contributed by atoms with E-state index in [1.807, 2.05) is 30.3 Å². The van der Waals surface area contributed by atoms with Crippen molar-refractivity contribution >= 4 is 90.4 Å². The minimum atomic E-state index is -3.22. The number of carbonyl (C=O) groups excluding carboxylic acids is 2. The van der Waals surface area contributed by atoms with Crippen LogP contribution < -0.4 is 24.3 Å². The molecule has 1 N–H and O–H groups in total. The van der Waals surface area contributed by atoms with Crippen LogP contribution in [0.2, 0.25) is 10.4 Å². The highest BCUT2D eigenvalue weighted by molar-refractivity contribution is 8.24. The third-order valence-electron chi connectivity index (χ3n) is 6.60. The molecule has 4 heterocycles. The summed E-state index contributed by atoms with van der Waals surface area (Å²) in [6, 6.07) is 14.4. The molecule has 1 aliphatic heterocycles. The van der Waals surface area contributed by atoms with Crippen molar-refractivity contribution in [2.75, 3.05) is 33.8 Å². The van der Waals surface area contributed by atoms with Crippen LogP contribution in [-0.4, -0.2) is 60.1 Å². The van der Waals surface area contributed by atoms with Gasteiger partial charge in [-0.1, -0.05) is 11.6 Å². The van der Waals surface area contributed by atoms with Gasteiger partial charge in [-0.15, -0.1) is 0 Å². The predicted octanol–water partition coefficient (Wildman–Crippen LogP) is 9.12. The first-order valence-corrected chi connectivity index (χ1v) is 18.9. The van der Waals surface area contributed by atoms with Gasteiger partial charge in [-0.3, -0.25) is 24.1 Å². The van der Waals surface area contributed by atoms with Gasteiger partial charge in [0.2, 0.25) is 11.2 Å². The van der Waals surface area contributed by atoms with E-state index in [0.717, 1.165) is 11.1 Å². The van der Waals surface area contributed by atoms with Gasteiger partial charge in [-0.2, -0.15) is 0 Å². The monoisotopic (exact) mass is 785 g/mol. The highest BCUT2D eigenvalue weighted by atomic mass is 36.0. The van der Waals surface area contributed by atoms with Crippen LogP contribution in [0.15, 0.2) is 60.9 Å². The Hall–Kier alpha value is -3.90. The van der Waals surface area contributed by atoms with E-state index in [-0.39, 0.29) is 28.5 Å². The summed E-state index contributed by atoms with van der Waals surface area (Å²) in [5.74, 6) is 2.10. The molecule has 0 saturated carbocycles. The highest BCUT2D eigenvalue weighted by Crippen LogP contribution is 2.61. The van der Waals surface area contributed by atoms with Gasteiger partial charge in [-0.05, 0) is 81.7 Å². The van der Waals surface area contributed by atoms with Gasteiger partial charge in [-0.25, -0.2) is 9.97 Å². The Bertz CT molecular complexity index is 2030. The normalized spacial score (nSPS) is 12.0. The van der Waals surface area contributed by atoms with Crippen LogP contribution in [0.25, 0.3) is 33.4 Å². The highest BCUT2D eigenvalue weighted by Gasteiger charge is 2.23. The molecule has 0 saturated heterocycles. The van der Waals surface area contributed by atoms with Crippen LogP contribution in [0.3, 0.4) is 0 Å². The fourth-order valence-electron chi connectivity index (χ4n) is 4.42. The van der Waals surface area contributed by atoms with Crippen LogP contribution in [0.1, 0.15) is 16.8 Å². The van der Waals surface area contributed by atoms with Crippen molar-refractivity contribution in [2.45, 2.75) is 6.42 Å². The molecule has 5 aromatic rings. The summed E-state index contributed by atoms with van der Waals surface area (Å²) in [5, 5.41) is 0.477. The quantitative estimate of drug-likeness (QED) is 0.0759. The zero-order valence-electron chi connectivity index (χ0n) is 26.0. The number of rotatable bonds is 6. The van der Waals surface area contributed by atoms with Crippen molar-refractivity contribution in [1.29, 1.82) is 0 Å². The van der Waals surface area contributed by atoms with E-state index in [1.165, 1.54) is 6.20 Å². The number of ketones is 1. The Morgan fingerprint density at radius 2 is 1.16 bits per heavy atom. The van der Waals surface area contributed by atoms with Gasteiger partial charge >= 0.3 is 5.20 Å². The van der Waals surface area contributed by atoms with E-state index in [1.54, 1.807) is 52.8 Å². The number of methoxy groups -OCH3 is 4. The summed E-state index contributed by atoms with van der Waals surface area (Å²) < 4.78 is 30.5. The summed E-state index contributed by atoms with van der Waals surface area (Å²) in [5.41, 5.74) is 4.42. The third kappa shape index (κ3) is 10.5. The Morgan fingerprint density at radius 1 is 0.694 bits per heavy atom. The number of hydrogen-bond acceptors (Lipinski definition) is 11. The van der Waals surface area contributed by atoms with Crippen LogP contribution in [0.4, 0.5) is 5.69 Å². The number of hydrogen-bond donors (Lipinski definition) is 1. The van der Waals surface area contributed by atoms with Crippen molar-refractivity contribution in [3.05, 3.63) is 76.9 Å². The second-order valence-electron chi connectivity index (χ2n) is 9.73. The number of fused-ring (bicyclic) bond motifs is 2. The SMILES string of the molecule is COc1cc(OC)cc(-c2cc3c(Cl)nc(Cl)nc3cn2)c1.COc1cc(OC)cc(-c2cc3c(cn2)NC(=O)CC3=O)c1.O=P(Cl)(Cl)Cl. The lowest BCUT2D eigenvalue weighted by Gasteiger charge is -2.16. The lowest BCUT2D eigenvalue weighted by atomic mass is 10.0.